The Morgan fingerprint density at radius 2 is 2.20 bits per heavy atom. The molecule has 0 radical (unpaired) electrons. The number of ether oxygens (including phenoxy) is 1. The van der Waals surface area contributed by atoms with Crippen LogP contribution in [0, 0.1) is 6.92 Å². The van der Waals surface area contributed by atoms with Crippen LogP contribution in [0.15, 0.2) is 41.5 Å². The molecule has 3 aromatic rings. The monoisotopic (exact) mass is 270 g/mol. The molecule has 6 nitrogen and oxygen atoms in total. The van der Waals surface area contributed by atoms with E-state index in [0.717, 1.165) is 0 Å². The number of aryl methyl sites for hydroxylation is 1. The molecule has 0 fully saturated rings. The van der Waals surface area contributed by atoms with Gasteiger partial charge in [0.1, 0.15) is 18.2 Å². The van der Waals surface area contributed by atoms with Gasteiger partial charge in [0.2, 0.25) is 0 Å². The summed E-state index contributed by atoms with van der Waals surface area (Å²) in [7, 11) is 1.57. The van der Waals surface area contributed by atoms with Crippen LogP contribution in [0.1, 0.15) is 5.82 Å². The third-order valence-corrected chi connectivity index (χ3v) is 3.20. The van der Waals surface area contributed by atoms with Gasteiger partial charge >= 0.3 is 0 Å². The molecule has 0 saturated carbocycles. The van der Waals surface area contributed by atoms with Crippen LogP contribution in [0.25, 0.3) is 10.9 Å². The highest BCUT2D eigenvalue weighted by Crippen LogP contribution is 2.16. The molecule has 1 aromatic carbocycles. The first-order valence-corrected chi connectivity index (χ1v) is 6.21. The fourth-order valence-electron chi connectivity index (χ4n) is 2.13. The van der Waals surface area contributed by atoms with Crippen molar-refractivity contribution in [1.82, 2.24) is 19.3 Å². The third-order valence-electron chi connectivity index (χ3n) is 3.20. The van der Waals surface area contributed by atoms with E-state index in [2.05, 4.69) is 10.1 Å². The van der Waals surface area contributed by atoms with Gasteiger partial charge in [-0.15, -0.1) is 0 Å². The predicted octanol–water partition coefficient (Wildman–Crippen LogP) is 1.42. The van der Waals surface area contributed by atoms with Gasteiger partial charge < -0.3 is 4.74 Å². The summed E-state index contributed by atoms with van der Waals surface area (Å²) < 4.78 is 8.43. The Morgan fingerprint density at radius 3 is 2.90 bits per heavy atom. The minimum Gasteiger partial charge on any atom is -0.497 e. The molecule has 2 heterocycles. The molecule has 0 aliphatic carbocycles. The van der Waals surface area contributed by atoms with Gasteiger partial charge in [0.15, 0.2) is 0 Å². The van der Waals surface area contributed by atoms with Gasteiger partial charge in [0, 0.05) is 12.4 Å². The molecule has 0 aliphatic rings. The summed E-state index contributed by atoms with van der Waals surface area (Å²) in [6.45, 7) is 2.16. The van der Waals surface area contributed by atoms with E-state index in [1.54, 1.807) is 40.8 Å². The lowest BCUT2D eigenvalue weighted by molar-refractivity contribution is 0.415. The Bertz CT molecular complexity index is 806. The van der Waals surface area contributed by atoms with Crippen molar-refractivity contribution in [1.29, 1.82) is 0 Å². The maximum Gasteiger partial charge on any atom is 0.263 e. The molecule has 0 bridgehead atoms. The van der Waals surface area contributed by atoms with Crippen molar-refractivity contribution in [2.24, 2.45) is 0 Å². The van der Waals surface area contributed by atoms with E-state index in [1.165, 1.54) is 0 Å². The Kier molecular flexibility index (Phi) is 2.98. The van der Waals surface area contributed by atoms with E-state index in [1.807, 2.05) is 19.2 Å². The molecule has 0 amide bonds. The number of benzene rings is 1. The minimum absolute atomic E-state index is 0.0955. The van der Waals surface area contributed by atoms with Crippen LogP contribution in [0.2, 0.25) is 0 Å². The van der Waals surface area contributed by atoms with Crippen molar-refractivity contribution in [3.8, 4) is 5.75 Å². The largest absolute Gasteiger partial charge is 0.497 e. The first kappa shape index (κ1) is 12.4. The number of methoxy groups -OCH3 is 1. The maximum atomic E-state index is 12.6. The number of rotatable bonds is 3. The van der Waals surface area contributed by atoms with Gasteiger partial charge in [0.05, 0.1) is 18.0 Å². The second kappa shape index (κ2) is 4.80. The van der Waals surface area contributed by atoms with E-state index in [4.69, 9.17) is 4.74 Å². The maximum absolute atomic E-state index is 12.6. The molecule has 2 aromatic heterocycles. The molecule has 102 valence electrons. The Balaban J connectivity index is 2.19. The Morgan fingerprint density at radius 1 is 1.35 bits per heavy atom. The van der Waals surface area contributed by atoms with Crippen molar-refractivity contribution < 1.29 is 4.74 Å². The van der Waals surface area contributed by atoms with Crippen LogP contribution in [0.3, 0.4) is 0 Å². The fraction of sp³-hybridized carbons (Fsp3) is 0.214. The van der Waals surface area contributed by atoms with Gasteiger partial charge in [-0.1, -0.05) is 0 Å². The van der Waals surface area contributed by atoms with Gasteiger partial charge in [-0.2, -0.15) is 5.10 Å². The average molecular weight is 270 g/mol. The normalized spacial score (nSPS) is 10.9. The Hall–Kier alpha value is -2.63. The van der Waals surface area contributed by atoms with Crippen LogP contribution < -0.4 is 10.3 Å². The van der Waals surface area contributed by atoms with Crippen molar-refractivity contribution in [2.75, 3.05) is 7.11 Å². The van der Waals surface area contributed by atoms with Gasteiger partial charge in [-0.25, -0.2) is 4.98 Å². The van der Waals surface area contributed by atoms with Gasteiger partial charge in [-0.3, -0.25) is 14.0 Å². The molecule has 0 N–H and O–H groups in total. The number of nitrogens with zero attached hydrogens (tertiary/aromatic N) is 4. The first-order valence-electron chi connectivity index (χ1n) is 6.21. The molecule has 0 atom stereocenters. The van der Waals surface area contributed by atoms with Crippen LogP contribution in [0.5, 0.6) is 5.75 Å². The minimum atomic E-state index is -0.0955. The van der Waals surface area contributed by atoms with E-state index in [9.17, 15) is 4.79 Å². The lowest BCUT2D eigenvalue weighted by atomic mass is 10.2. The van der Waals surface area contributed by atoms with Crippen LogP contribution in [-0.4, -0.2) is 26.4 Å². The van der Waals surface area contributed by atoms with E-state index < -0.39 is 0 Å². The van der Waals surface area contributed by atoms with E-state index >= 15 is 0 Å². The number of hydrogen-bond donors (Lipinski definition) is 0. The van der Waals surface area contributed by atoms with Crippen molar-refractivity contribution in [3.63, 3.8) is 0 Å². The van der Waals surface area contributed by atoms with Crippen LogP contribution >= 0.6 is 0 Å². The summed E-state index contributed by atoms with van der Waals surface area (Å²) >= 11 is 0. The van der Waals surface area contributed by atoms with Crippen LogP contribution in [-0.2, 0) is 6.67 Å². The standard InChI is InChI=1S/C14H14N4O2/c1-10-16-13-5-4-11(20-2)8-12(13)14(19)18(10)9-17-7-3-6-15-17/h3-8H,9H2,1-2H3. The topological polar surface area (TPSA) is 61.9 Å². The second-order valence-electron chi connectivity index (χ2n) is 4.46. The molecular weight excluding hydrogens is 256 g/mol. The molecule has 20 heavy (non-hydrogen) atoms. The van der Waals surface area contributed by atoms with Gasteiger partial charge in [-0.05, 0) is 31.2 Å². The summed E-state index contributed by atoms with van der Waals surface area (Å²) in [5.74, 6) is 1.30. The predicted molar refractivity (Wildman–Crippen MR) is 74.9 cm³/mol. The van der Waals surface area contributed by atoms with E-state index in [0.29, 0.717) is 29.1 Å². The van der Waals surface area contributed by atoms with Crippen molar-refractivity contribution in [2.45, 2.75) is 13.6 Å². The number of hydrogen-bond acceptors (Lipinski definition) is 4. The zero-order valence-corrected chi connectivity index (χ0v) is 11.3. The van der Waals surface area contributed by atoms with Crippen molar-refractivity contribution in [3.05, 3.63) is 52.8 Å². The molecule has 0 saturated heterocycles. The van der Waals surface area contributed by atoms with Crippen molar-refractivity contribution >= 4 is 10.9 Å². The summed E-state index contributed by atoms with van der Waals surface area (Å²) in [4.78, 5) is 17.0. The summed E-state index contributed by atoms with van der Waals surface area (Å²) in [5.41, 5.74) is 0.576. The SMILES string of the molecule is COc1ccc2nc(C)n(Cn3cccn3)c(=O)c2c1. The van der Waals surface area contributed by atoms with Crippen LogP contribution in [0.4, 0.5) is 0 Å². The number of aromatic nitrogens is 4. The highest BCUT2D eigenvalue weighted by molar-refractivity contribution is 5.79. The number of fused-ring (bicyclic) bond motifs is 1. The quantitative estimate of drug-likeness (QED) is 0.722. The zero-order valence-electron chi connectivity index (χ0n) is 11.3. The average Bonchev–Trinajstić information content (AvgIpc) is 2.96. The second-order valence-corrected chi connectivity index (χ2v) is 4.46. The summed E-state index contributed by atoms with van der Waals surface area (Å²) in [6.07, 6.45) is 3.49. The molecule has 3 rings (SSSR count). The van der Waals surface area contributed by atoms with E-state index in [-0.39, 0.29) is 5.56 Å². The zero-order chi connectivity index (χ0) is 14.1. The summed E-state index contributed by atoms with van der Waals surface area (Å²) in [5, 5.41) is 4.66. The lowest BCUT2D eigenvalue weighted by Crippen LogP contribution is -2.27. The summed E-state index contributed by atoms with van der Waals surface area (Å²) in [6, 6.07) is 7.12. The van der Waals surface area contributed by atoms with Gasteiger partial charge in [0.25, 0.3) is 5.56 Å². The smallest absolute Gasteiger partial charge is 0.263 e. The molecule has 0 spiro atoms. The highest BCUT2D eigenvalue weighted by atomic mass is 16.5. The Labute approximate surface area is 115 Å². The molecular formula is C14H14N4O2. The third kappa shape index (κ3) is 2.05. The molecule has 0 unspecified atom stereocenters. The first-order chi connectivity index (χ1) is 9.69. The lowest BCUT2D eigenvalue weighted by Gasteiger charge is -2.11. The molecule has 0 aliphatic heterocycles. The molecule has 6 heteroatoms. The highest BCUT2D eigenvalue weighted by Gasteiger charge is 2.09. The fourth-order valence-corrected chi connectivity index (χ4v) is 2.13.